The smallest absolute Gasteiger partial charge is 0.260 e. The van der Waals surface area contributed by atoms with Crippen molar-refractivity contribution < 1.29 is 9.53 Å². The lowest BCUT2D eigenvalue weighted by Crippen LogP contribution is -2.14. The summed E-state index contributed by atoms with van der Waals surface area (Å²) in [5.41, 5.74) is 4.12. The van der Waals surface area contributed by atoms with E-state index in [4.69, 9.17) is 4.74 Å². The van der Waals surface area contributed by atoms with E-state index in [1.807, 2.05) is 72.2 Å². The SMILES string of the molecule is Cc1cccn2cc(COc3ccccc3C(=O)Nc3ccn(-c4ccccc4)n3)nc12. The van der Waals surface area contributed by atoms with Crippen molar-refractivity contribution >= 4 is 17.4 Å². The largest absolute Gasteiger partial charge is 0.486 e. The van der Waals surface area contributed by atoms with Crippen LogP contribution in [0, 0.1) is 6.92 Å². The Hall–Kier alpha value is -4.39. The Balaban J connectivity index is 1.31. The number of hydrogen-bond donors (Lipinski definition) is 1. The number of benzene rings is 2. The van der Waals surface area contributed by atoms with Crippen LogP contribution in [0.1, 0.15) is 21.6 Å². The van der Waals surface area contributed by atoms with Gasteiger partial charge in [0, 0.05) is 24.7 Å². The lowest BCUT2D eigenvalue weighted by molar-refractivity contribution is 0.102. The summed E-state index contributed by atoms with van der Waals surface area (Å²) in [6, 6.07) is 22.6. The van der Waals surface area contributed by atoms with E-state index >= 15 is 0 Å². The van der Waals surface area contributed by atoms with Crippen LogP contribution in [-0.2, 0) is 6.61 Å². The van der Waals surface area contributed by atoms with Gasteiger partial charge in [0.2, 0.25) is 0 Å². The summed E-state index contributed by atoms with van der Waals surface area (Å²) in [6.45, 7) is 2.28. The van der Waals surface area contributed by atoms with Gasteiger partial charge in [0.05, 0.1) is 16.9 Å². The summed E-state index contributed by atoms with van der Waals surface area (Å²) in [5, 5.41) is 7.28. The third-order valence-corrected chi connectivity index (χ3v) is 5.09. The Morgan fingerprint density at radius 3 is 2.62 bits per heavy atom. The number of amides is 1. The van der Waals surface area contributed by atoms with Crippen molar-refractivity contribution in [2.45, 2.75) is 13.5 Å². The van der Waals surface area contributed by atoms with Crippen molar-refractivity contribution in [1.29, 1.82) is 0 Å². The van der Waals surface area contributed by atoms with E-state index < -0.39 is 0 Å². The lowest BCUT2D eigenvalue weighted by atomic mass is 10.2. The molecule has 0 fully saturated rings. The van der Waals surface area contributed by atoms with E-state index in [1.54, 1.807) is 35.1 Å². The molecule has 0 saturated carbocycles. The number of nitrogens with one attached hydrogen (secondary N) is 1. The zero-order valence-electron chi connectivity index (χ0n) is 17.5. The number of aryl methyl sites for hydroxylation is 1. The molecule has 0 atom stereocenters. The molecule has 2 aromatic carbocycles. The van der Waals surface area contributed by atoms with Gasteiger partial charge in [-0.3, -0.25) is 4.79 Å². The number of carbonyl (C=O) groups excluding carboxylic acids is 1. The first-order chi connectivity index (χ1) is 15.7. The quantitative estimate of drug-likeness (QED) is 0.431. The van der Waals surface area contributed by atoms with Crippen LogP contribution in [0.15, 0.2) is 91.4 Å². The topological polar surface area (TPSA) is 73.5 Å². The first-order valence-electron chi connectivity index (χ1n) is 10.2. The van der Waals surface area contributed by atoms with Gasteiger partial charge in [-0.05, 0) is 42.8 Å². The Morgan fingerprint density at radius 2 is 1.78 bits per heavy atom. The minimum absolute atomic E-state index is 0.258. The fourth-order valence-corrected chi connectivity index (χ4v) is 3.50. The number of ether oxygens (including phenoxy) is 1. The molecule has 7 nitrogen and oxygen atoms in total. The van der Waals surface area contributed by atoms with E-state index in [0.717, 1.165) is 22.6 Å². The highest BCUT2D eigenvalue weighted by atomic mass is 16.5. The number of pyridine rings is 1. The first-order valence-corrected chi connectivity index (χ1v) is 10.2. The van der Waals surface area contributed by atoms with Crippen LogP contribution in [0.4, 0.5) is 5.82 Å². The predicted molar refractivity (Wildman–Crippen MR) is 122 cm³/mol. The molecule has 0 radical (unpaired) electrons. The van der Waals surface area contributed by atoms with Crippen molar-refractivity contribution in [3.05, 3.63) is 108 Å². The maximum atomic E-state index is 12.9. The number of rotatable bonds is 6. The molecule has 5 aromatic rings. The molecule has 1 N–H and O–H groups in total. The molecular formula is C25H21N5O2. The summed E-state index contributed by atoms with van der Waals surface area (Å²) in [4.78, 5) is 17.5. The third kappa shape index (κ3) is 3.96. The molecule has 7 heteroatoms. The maximum Gasteiger partial charge on any atom is 0.260 e. The summed E-state index contributed by atoms with van der Waals surface area (Å²) in [5.74, 6) is 0.663. The molecule has 3 aromatic heterocycles. The average Bonchev–Trinajstić information content (AvgIpc) is 3.46. The monoisotopic (exact) mass is 423 g/mol. The first kappa shape index (κ1) is 19.6. The highest BCUT2D eigenvalue weighted by Gasteiger charge is 2.15. The fraction of sp³-hybridized carbons (Fsp3) is 0.0800. The molecule has 3 heterocycles. The molecule has 0 bridgehead atoms. The van der Waals surface area contributed by atoms with E-state index in [2.05, 4.69) is 15.4 Å². The van der Waals surface area contributed by atoms with E-state index in [-0.39, 0.29) is 12.5 Å². The molecule has 0 unspecified atom stereocenters. The molecule has 0 saturated heterocycles. The number of para-hydroxylation sites is 2. The van der Waals surface area contributed by atoms with Gasteiger partial charge < -0.3 is 14.5 Å². The van der Waals surface area contributed by atoms with Crippen LogP contribution in [-0.4, -0.2) is 25.1 Å². The van der Waals surface area contributed by atoms with Gasteiger partial charge in [-0.1, -0.05) is 36.4 Å². The van der Waals surface area contributed by atoms with Crippen molar-refractivity contribution in [2.75, 3.05) is 5.32 Å². The van der Waals surface area contributed by atoms with Crippen LogP contribution in [0.25, 0.3) is 11.3 Å². The molecule has 32 heavy (non-hydrogen) atoms. The van der Waals surface area contributed by atoms with E-state index in [0.29, 0.717) is 17.1 Å². The second kappa shape index (κ2) is 8.39. The van der Waals surface area contributed by atoms with Gasteiger partial charge in [0.25, 0.3) is 5.91 Å². The summed E-state index contributed by atoms with van der Waals surface area (Å²) in [7, 11) is 0. The fourth-order valence-electron chi connectivity index (χ4n) is 3.50. The average molecular weight is 423 g/mol. The van der Waals surface area contributed by atoms with Crippen molar-refractivity contribution in [3.8, 4) is 11.4 Å². The van der Waals surface area contributed by atoms with Crippen LogP contribution in [0.3, 0.4) is 0 Å². The highest BCUT2D eigenvalue weighted by Crippen LogP contribution is 2.21. The molecule has 0 aliphatic heterocycles. The summed E-state index contributed by atoms with van der Waals surface area (Å²) < 4.78 is 9.64. The van der Waals surface area contributed by atoms with Gasteiger partial charge in [0.1, 0.15) is 18.0 Å². The minimum atomic E-state index is -0.287. The Labute approximate surface area is 184 Å². The summed E-state index contributed by atoms with van der Waals surface area (Å²) in [6.07, 6.45) is 5.69. The minimum Gasteiger partial charge on any atom is -0.486 e. The number of carbonyl (C=O) groups is 1. The van der Waals surface area contributed by atoms with Crippen LogP contribution in [0.2, 0.25) is 0 Å². The predicted octanol–water partition coefficient (Wildman–Crippen LogP) is 4.66. The Kier molecular flexibility index (Phi) is 5.13. The molecule has 1 amide bonds. The number of anilines is 1. The van der Waals surface area contributed by atoms with Gasteiger partial charge in [0.15, 0.2) is 5.82 Å². The standard InChI is InChI=1S/C25H21N5O2/c1-18-8-7-14-29-16-19(26-24(18)29)17-32-22-12-6-5-11-21(22)25(31)27-23-13-15-30(28-23)20-9-3-2-4-10-20/h2-16H,17H2,1H3,(H,27,28,31). The number of imidazole rings is 1. The highest BCUT2D eigenvalue weighted by molar-refractivity contribution is 6.05. The van der Waals surface area contributed by atoms with E-state index in [9.17, 15) is 4.79 Å². The second-order valence-electron chi connectivity index (χ2n) is 7.37. The number of nitrogens with zero attached hydrogens (tertiary/aromatic N) is 4. The Morgan fingerprint density at radius 1 is 0.969 bits per heavy atom. The van der Waals surface area contributed by atoms with Crippen molar-refractivity contribution in [3.63, 3.8) is 0 Å². The Bertz CT molecular complexity index is 1390. The summed E-state index contributed by atoms with van der Waals surface area (Å²) >= 11 is 0. The van der Waals surface area contributed by atoms with Crippen molar-refractivity contribution in [1.82, 2.24) is 19.2 Å². The molecule has 158 valence electrons. The molecule has 5 rings (SSSR count). The maximum absolute atomic E-state index is 12.9. The van der Waals surface area contributed by atoms with Gasteiger partial charge >= 0.3 is 0 Å². The van der Waals surface area contributed by atoms with Crippen LogP contribution >= 0.6 is 0 Å². The lowest BCUT2D eigenvalue weighted by Gasteiger charge is -2.10. The molecule has 0 spiro atoms. The van der Waals surface area contributed by atoms with Crippen LogP contribution < -0.4 is 10.1 Å². The number of hydrogen-bond acceptors (Lipinski definition) is 4. The normalized spacial score (nSPS) is 10.9. The molecule has 0 aliphatic carbocycles. The van der Waals surface area contributed by atoms with Crippen LogP contribution in [0.5, 0.6) is 5.75 Å². The number of aromatic nitrogens is 4. The zero-order chi connectivity index (χ0) is 21.9. The number of fused-ring (bicyclic) bond motifs is 1. The molecule has 0 aliphatic rings. The van der Waals surface area contributed by atoms with E-state index in [1.165, 1.54) is 0 Å². The molecular weight excluding hydrogens is 402 g/mol. The van der Waals surface area contributed by atoms with Gasteiger partial charge in [-0.15, -0.1) is 0 Å². The van der Waals surface area contributed by atoms with Gasteiger partial charge in [-0.2, -0.15) is 5.10 Å². The second-order valence-corrected chi connectivity index (χ2v) is 7.37. The third-order valence-electron chi connectivity index (χ3n) is 5.09. The van der Waals surface area contributed by atoms with Crippen molar-refractivity contribution in [2.24, 2.45) is 0 Å². The zero-order valence-corrected chi connectivity index (χ0v) is 17.5. The van der Waals surface area contributed by atoms with Gasteiger partial charge in [-0.25, -0.2) is 9.67 Å².